The molecule has 9 nitrogen and oxygen atoms in total. The van der Waals surface area contributed by atoms with Crippen molar-refractivity contribution in [2.24, 2.45) is 0 Å². The van der Waals surface area contributed by atoms with Crippen molar-refractivity contribution in [3.63, 3.8) is 0 Å². The zero-order chi connectivity index (χ0) is 23.6. The van der Waals surface area contributed by atoms with E-state index in [0.717, 1.165) is 54.2 Å². The number of para-hydroxylation sites is 1. The number of aromatic hydroxyl groups is 1. The van der Waals surface area contributed by atoms with E-state index < -0.39 is 10.1 Å². The Hall–Kier alpha value is -2.69. The summed E-state index contributed by atoms with van der Waals surface area (Å²) in [6.45, 7) is 6.71. The predicted molar refractivity (Wildman–Crippen MR) is 128 cm³/mol. The van der Waals surface area contributed by atoms with Gasteiger partial charge in [0.25, 0.3) is 10.1 Å². The molecule has 1 aliphatic heterocycles. The van der Waals surface area contributed by atoms with Crippen molar-refractivity contribution in [1.29, 1.82) is 0 Å². The van der Waals surface area contributed by atoms with Gasteiger partial charge in [0, 0.05) is 24.8 Å². The number of benzene rings is 1. The molecule has 0 aliphatic carbocycles. The lowest BCUT2D eigenvalue weighted by Crippen LogP contribution is -2.40. The molecule has 3 aromatic rings. The summed E-state index contributed by atoms with van der Waals surface area (Å²) in [5.41, 5.74) is 4.45. The minimum atomic E-state index is -3.90. The number of likely N-dealkylation sites (tertiary alicyclic amines) is 1. The molecule has 1 saturated heterocycles. The van der Waals surface area contributed by atoms with E-state index in [4.69, 9.17) is 9.54 Å². The quantitative estimate of drug-likeness (QED) is 0.427. The van der Waals surface area contributed by atoms with Gasteiger partial charge in [0.05, 0.1) is 23.3 Å². The number of hydrogen-bond acceptors (Lipinski definition) is 7. The maximum atomic E-state index is 10.9. The fourth-order valence-electron chi connectivity index (χ4n) is 4.38. The van der Waals surface area contributed by atoms with Gasteiger partial charge in [0.15, 0.2) is 0 Å². The molecular formula is C23H31N5O4S. The summed E-state index contributed by atoms with van der Waals surface area (Å²) < 4.78 is 32.8. The maximum Gasteiger partial charge on any atom is 0.264 e. The van der Waals surface area contributed by atoms with Crippen LogP contribution in [-0.2, 0) is 16.7 Å². The van der Waals surface area contributed by atoms with Crippen molar-refractivity contribution < 1.29 is 18.1 Å². The van der Waals surface area contributed by atoms with Crippen molar-refractivity contribution in [3.05, 3.63) is 47.3 Å². The number of anilines is 1. The smallest absolute Gasteiger partial charge is 0.264 e. The monoisotopic (exact) mass is 473 g/mol. The standard InChI is InChI=1S/C23H31N5O4S/c1-16-5-3-6-20-22(16)26-23(28(20)15-19-21(29)8-7-17(2)24-19)25-18-9-12-27(13-10-18)11-4-14-33(30,31)32/h3,5-8,18,29H,4,9-15H2,1-2H3,(H,25,26)(H,30,31,32). The molecule has 0 spiro atoms. The predicted octanol–water partition coefficient (Wildman–Crippen LogP) is 2.96. The summed E-state index contributed by atoms with van der Waals surface area (Å²) in [5.74, 6) is 0.722. The van der Waals surface area contributed by atoms with E-state index in [1.54, 1.807) is 12.1 Å². The van der Waals surface area contributed by atoms with Crippen LogP contribution in [0.4, 0.5) is 5.95 Å². The summed E-state index contributed by atoms with van der Waals surface area (Å²) in [6.07, 6.45) is 2.24. The van der Waals surface area contributed by atoms with Gasteiger partial charge < -0.3 is 19.9 Å². The molecule has 4 rings (SSSR count). The second-order valence-corrected chi connectivity index (χ2v) is 10.4. The van der Waals surface area contributed by atoms with Crippen molar-refractivity contribution in [2.45, 2.75) is 45.7 Å². The number of piperidine rings is 1. The number of nitrogens with zero attached hydrogens (tertiary/aromatic N) is 4. The number of aromatic nitrogens is 3. The molecule has 0 amide bonds. The minimum absolute atomic E-state index is 0.166. The van der Waals surface area contributed by atoms with E-state index in [9.17, 15) is 13.5 Å². The van der Waals surface area contributed by atoms with Gasteiger partial charge >= 0.3 is 0 Å². The summed E-state index contributed by atoms with van der Waals surface area (Å²) in [5, 5.41) is 13.9. The molecule has 1 fully saturated rings. The molecule has 178 valence electrons. The van der Waals surface area contributed by atoms with Crippen LogP contribution < -0.4 is 5.32 Å². The lowest BCUT2D eigenvalue weighted by Gasteiger charge is -2.32. The van der Waals surface area contributed by atoms with Gasteiger partial charge in [-0.25, -0.2) is 4.98 Å². The normalized spacial score (nSPS) is 15.8. The van der Waals surface area contributed by atoms with E-state index in [0.29, 0.717) is 25.2 Å². The minimum Gasteiger partial charge on any atom is -0.506 e. The number of aryl methyl sites for hydroxylation is 2. The summed E-state index contributed by atoms with van der Waals surface area (Å²) in [6, 6.07) is 9.78. The highest BCUT2D eigenvalue weighted by atomic mass is 32.2. The van der Waals surface area contributed by atoms with Crippen molar-refractivity contribution in [3.8, 4) is 5.75 Å². The third-order valence-corrected chi connectivity index (χ3v) is 6.98. The lowest BCUT2D eigenvalue weighted by molar-refractivity contribution is 0.219. The van der Waals surface area contributed by atoms with Gasteiger partial charge in [-0.3, -0.25) is 9.54 Å². The van der Waals surface area contributed by atoms with Crippen LogP contribution in [0.5, 0.6) is 5.75 Å². The first kappa shape index (κ1) is 23.5. The zero-order valence-corrected chi connectivity index (χ0v) is 19.8. The van der Waals surface area contributed by atoms with Crippen LogP contribution in [-0.4, -0.2) is 68.9 Å². The molecular weight excluding hydrogens is 442 g/mol. The summed E-state index contributed by atoms with van der Waals surface area (Å²) in [7, 11) is -3.90. The number of rotatable bonds is 8. The lowest BCUT2D eigenvalue weighted by atomic mass is 10.1. The Morgan fingerprint density at radius 1 is 1.12 bits per heavy atom. The van der Waals surface area contributed by atoms with Crippen LogP contribution in [0.25, 0.3) is 11.0 Å². The molecule has 0 radical (unpaired) electrons. The molecule has 0 unspecified atom stereocenters. The molecule has 2 aromatic heterocycles. The average Bonchev–Trinajstić information content (AvgIpc) is 3.09. The molecule has 1 aliphatic rings. The molecule has 3 N–H and O–H groups in total. The Kier molecular flexibility index (Phi) is 6.87. The SMILES string of the molecule is Cc1ccc(O)c(Cn2c(NC3CCN(CCCS(=O)(=O)O)CC3)nc3c(C)cccc32)n1. The zero-order valence-electron chi connectivity index (χ0n) is 19.0. The van der Waals surface area contributed by atoms with Crippen LogP contribution in [0.1, 0.15) is 36.2 Å². The summed E-state index contributed by atoms with van der Waals surface area (Å²) in [4.78, 5) is 11.6. The maximum absolute atomic E-state index is 10.9. The topological polar surface area (TPSA) is 121 Å². The Morgan fingerprint density at radius 3 is 2.61 bits per heavy atom. The van der Waals surface area contributed by atoms with Gasteiger partial charge in [0.2, 0.25) is 5.95 Å². The van der Waals surface area contributed by atoms with Gasteiger partial charge in [-0.1, -0.05) is 12.1 Å². The van der Waals surface area contributed by atoms with Crippen molar-refractivity contribution in [1.82, 2.24) is 19.4 Å². The third-order valence-electron chi connectivity index (χ3n) is 6.18. The Balaban J connectivity index is 1.49. The number of fused-ring (bicyclic) bond motifs is 1. The van der Waals surface area contributed by atoms with E-state index in [1.807, 2.05) is 32.0 Å². The largest absolute Gasteiger partial charge is 0.506 e. The van der Waals surface area contributed by atoms with Crippen molar-refractivity contribution in [2.75, 3.05) is 30.7 Å². The van der Waals surface area contributed by atoms with E-state index in [2.05, 4.69) is 19.8 Å². The molecule has 10 heteroatoms. The molecule has 33 heavy (non-hydrogen) atoms. The molecule has 1 aromatic carbocycles. The highest BCUT2D eigenvalue weighted by Gasteiger charge is 2.22. The van der Waals surface area contributed by atoms with Crippen LogP contribution in [0.15, 0.2) is 30.3 Å². The second-order valence-electron chi connectivity index (χ2n) is 8.78. The number of pyridine rings is 1. The van der Waals surface area contributed by atoms with Crippen LogP contribution >= 0.6 is 0 Å². The fourth-order valence-corrected chi connectivity index (χ4v) is 4.87. The Bertz CT molecular complexity index is 1230. The van der Waals surface area contributed by atoms with Crippen molar-refractivity contribution >= 4 is 27.1 Å². The Labute approximate surface area is 194 Å². The Morgan fingerprint density at radius 2 is 1.88 bits per heavy atom. The number of hydrogen-bond donors (Lipinski definition) is 3. The van der Waals surface area contributed by atoms with Crippen LogP contribution in [0.2, 0.25) is 0 Å². The first-order valence-corrected chi connectivity index (χ1v) is 12.9. The highest BCUT2D eigenvalue weighted by Crippen LogP contribution is 2.27. The molecule has 3 heterocycles. The van der Waals surface area contributed by atoms with Crippen LogP contribution in [0.3, 0.4) is 0 Å². The molecule has 0 bridgehead atoms. The van der Waals surface area contributed by atoms with E-state index in [1.165, 1.54) is 0 Å². The van der Waals surface area contributed by atoms with Crippen LogP contribution in [0, 0.1) is 13.8 Å². The van der Waals surface area contributed by atoms with E-state index in [-0.39, 0.29) is 17.5 Å². The number of imidazole rings is 1. The second kappa shape index (κ2) is 9.66. The molecule has 0 atom stereocenters. The molecule has 0 saturated carbocycles. The first-order chi connectivity index (χ1) is 15.7. The van der Waals surface area contributed by atoms with Gasteiger partial charge in [-0.05, 0) is 63.4 Å². The third kappa shape index (κ3) is 5.82. The average molecular weight is 474 g/mol. The van der Waals surface area contributed by atoms with Gasteiger partial charge in [0.1, 0.15) is 11.4 Å². The van der Waals surface area contributed by atoms with E-state index >= 15 is 0 Å². The van der Waals surface area contributed by atoms with Gasteiger partial charge in [-0.15, -0.1) is 0 Å². The summed E-state index contributed by atoms with van der Waals surface area (Å²) >= 11 is 0. The van der Waals surface area contributed by atoms with Gasteiger partial charge in [-0.2, -0.15) is 8.42 Å². The first-order valence-electron chi connectivity index (χ1n) is 11.2. The fraction of sp³-hybridized carbons (Fsp3) is 0.478. The highest BCUT2D eigenvalue weighted by molar-refractivity contribution is 7.85. The number of nitrogens with one attached hydrogen (secondary N) is 1.